The minimum Gasteiger partial charge on any atom is -0.392 e. The van der Waals surface area contributed by atoms with Crippen molar-refractivity contribution >= 4 is 0 Å². The highest BCUT2D eigenvalue weighted by Crippen LogP contribution is 2.02. The van der Waals surface area contributed by atoms with Crippen molar-refractivity contribution in [1.29, 1.82) is 0 Å². The van der Waals surface area contributed by atoms with Gasteiger partial charge >= 0.3 is 0 Å². The summed E-state index contributed by atoms with van der Waals surface area (Å²) in [5.41, 5.74) is 5.47. The zero-order chi connectivity index (χ0) is 9.40. The summed E-state index contributed by atoms with van der Waals surface area (Å²) >= 11 is 0. The third-order valence-electron chi connectivity index (χ3n) is 1.82. The van der Waals surface area contributed by atoms with Crippen LogP contribution in [0.4, 0.5) is 0 Å². The van der Waals surface area contributed by atoms with Crippen molar-refractivity contribution in [2.24, 2.45) is 5.73 Å². The SMILES string of the molecule is CCCCCC(O)CNC(C)N. The Morgan fingerprint density at radius 2 is 2.08 bits per heavy atom. The lowest BCUT2D eigenvalue weighted by molar-refractivity contribution is 0.155. The minimum absolute atomic E-state index is 0.0224. The van der Waals surface area contributed by atoms with Gasteiger partial charge in [-0.05, 0) is 13.3 Å². The summed E-state index contributed by atoms with van der Waals surface area (Å²) in [4.78, 5) is 0. The molecule has 0 aliphatic rings. The molecule has 0 amide bonds. The molecule has 74 valence electrons. The Balaban J connectivity index is 3.15. The van der Waals surface area contributed by atoms with Crippen LogP contribution >= 0.6 is 0 Å². The number of aliphatic hydroxyl groups excluding tert-OH is 1. The second kappa shape index (κ2) is 7.53. The Hall–Kier alpha value is -0.120. The third kappa shape index (κ3) is 7.98. The van der Waals surface area contributed by atoms with E-state index in [0.29, 0.717) is 6.54 Å². The predicted molar refractivity (Wildman–Crippen MR) is 51.8 cm³/mol. The first kappa shape index (κ1) is 11.9. The minimum atomic E-state index is -0.234. The summed E-state index contributed by atoms with van der Waals surface area (Å²) in [5.74, 6) is 0. The van der Waals surface area contributed by atoms with Crippen LogP contribution in [0.1, 0.15) is 39.5 Å². The zero-order valence-corrected chi connectivity index (χ0v) is 8.21. The normalized spacial score (nSPS) is 16.0. The Labute approximate surface area is 75.3 Å². The van der Waals surface area contributed by atoms with E-state index in [1.54, 1.807) is 0 Å². The number of rotatable bonds is 7. The number of hydrogen-bond acceptors (Lipinski definition) is 3. The number of hydrogen-bond donors (Lipinski definition) is 3. The standard InChI is InChI=1S/C9H22N2O/c1-3-4-5-6-9(12)7-11-8(2)10/h8-9,11-12H,3-7,10H2,1-2H3. The van der Waals surface area contributed by atoms with Crippen LogP contribution in [-0.2, 0) is 0 Å². The molecule has 2 atom stereocenters. The van der Waals surface area contributed by atoms with Gasteiger partial charge in [-0.1, -0.05) is 26.2 Å². The second-order valence-electron chi connectivity index (χ2n) is 3.35. The summed E-state index contributed by atoms with van der Waals surface area (Å²) in [5, 5.41) is 12.4. The Morgan fingerprint density at radius 3 is 2.58 bits per heavy atom. The van der Waals surface area contributed by atoms with E-state index in [1.807, 2.05) is 6.92 Å². The number of nitrogens with one attached hydrogen (secondary N) is 1. The summed E-state index contributed by atoms with van der Waals surface area (Å²) in [6, 6.07) is 0. The summed E-state index contributed by atoms with van der Waals surface area (Å²) < 4.78 is 0. The molecule has 0 spiro atoms. The van der Waals surface area contributed by atoms with Gasteiger partial charge in [-0.3, -0.25) is 5.32 Å². The fourth-order valence-electron chi connectivity index (χ4n) is 1.05. The molecule has 2 unspecified atom stereocenters. The second-order valence-corrected chi connectivity index (χ2v) is 3.35. The quantitative estimate of drug-likeness (QED) is 0.395. The summed E-state index contributed by atoms with van der Waals surface area (Å²) in [6.07, 6.45) is 4.14. The monoisotopic (exact) mass is 174 g/mol. The largest absolute Gasteiger partial charge is 0.392 e. The van der Waals surface area contributed by atoms with Gasteiger partial charge in [0.1, 0.15) is 0 Å². The van der Waals surface area contributed by atoms with Gasteiger partial charge in [0.05, 0.1) is 12.3 Å². The fraction of sp³-hybridized carbons (Fsp3) is 1.00. The molecule has 0 fully saturated rings. The molecule has 12 heavy (non-hydrogen) atoms. The van der Waals surface area contributed by atoms with Gasteiger partial charge in [-0.15, -0.1) is 0 Å². The molecule has 4 N–H and O–H groups in total. The van der Waals surface area contributed by atoms with Gasteiger partial charge in [0.2, 0.25) is 0 Å². The topological polar surface area (TPSA) is 58.3 Å². The van der Waals surface area contributed by atoms with E-state index < -0.39 is 0 Å². The molecule has 0 aliphatic heterocycles. The van der Waals surface area contributed by atoms with Crippen LogP contribution in [0.3, 0.4) is 0 Å². The lowest BCUT2D eigenvalue weighted by Gasteiger charge is -2.13. The molecule has 0 aromatic rings. The zero-order valence-electron chi connectivity index (χ0n) is 8.21. The van der Waals surface area contributed by atoms with Crippen molar-refractivity contribution in [1.82, 2.24) is 5.32 Å². The van der Waals surface area contributed by atoms with Crippen LogP contribution in [0.15, 0.2) is 0 Å². The van der Waals surface area contributed by atoms with Gasteiger partial charge < -0.3 is 10.8 Å². The first-order valence-electron chi connectivity index (χ1n) is 4.83. The molecule has 0 bridgehead atoms. The van der Waals surface area contributed by atoms with Crippen molar-refractivity contribution in [3.63, 3.8) is 0 Å². The van der Waals surface area contributed by atoms with E-state index in [9.17, 15) is 5.11 Å². The van der Waals surface area contributed by atoms with E-state index in [0.717, 1.165) is 12.8 Å². The molecule has 0 radical (unpaired) electrons. The van der Waals surface area contributed by atoms with Crippen molar-refractivity contribution < 1.29 is 5.11 Å². The highest BCUT2D eigenvalue weighted by Gasteiger charge is 2.03. The molecule has 0 saturated carbocycles. The van der Waals surface area contributed by atoms with Gasteiger partial charge in [0.25, 0.3) is 0 Å². The average Bonchev–Trinajstić information content (AvgIpc) is 2.01. The Kier molecular flexibility index (Phi) is 7.45. The molecule has 3 nitrogen and oxygen atoms in total. The molecule has 0 heterocycles. The maximum Gasteiger partial charge on any atom is 0.0665 e. The van der Waals surface area contributed by atoms with Gasteiger partial charge in [0.15, 0.2) is 0 Å². The van der Waals surface area contributed by atoms with Crippen molar-refractivity contribution in [3.8, 4) is 0 Å². The maximum atomic E-state index is 9.41. The smallest absolute Gasteiger partial charge is 0.0665 e. The van der Waals surface area contributed by atoms with Gasteiger partial charge in [0, 0.05) is 6.54 Å². The highest BCUT2D eigenvalue weighted by atomic mass is 16.3. The van der Waals surface area contributed by atoms with E-state index in [4.69, 9.17) is 5.73 Å². The maximum absolute atomic E-state index is 9.41. The van der Waals surface area contributed by atoms with Gasteiger partial charge in [-0.2, -0.15) is 0 Å². The molecule has 0 saturated heterocycles. The lowest BCUT2D eigenvalue weighted by atomic mass is 10.1. The fourth-order valence-corrected chi connectivity index (χ4v) is 1.05. The summed E-state index contributed by atoms with van der Waals surface area (Å²) in [7, 11) is 0. The first-order chi connectivity index (χ1) is 5.66. The van der Waals surface area contributed by atoms with Gasteiger partial charge in [-0.25, -0.2) is 0 Å². The molecule has 0 aliphatic carbocycles. The molecule has 0 rings (SSSR count). The molecule has 3 heteroatoms. The van der Waals surface area contributed by atoms with Crippen LogP contribution in [-0.4, -0.2) is 23.9 Å². The van der Waals surface area contributed by atoms with E-state index in [1.165, 1.54) is 12.8 Å². The van der Waals surface area contributed by atoms with E-state index >= 15 is 0 Å². The van der Waals surface area contributed by atoms with E-state index in [2.05, 4.69) is 12.2 Å². The van der Waals surface area contributed by atoms with Crippen LogP contribution in [0.5, 0.6) is 0 Å². The van der Waals surface area contributed by atoms with Crippen LogP contribution < -0.4 is 11.1 Å². The average molecular weight is 174 g/mol. The van der Waals surface area contributed by atoms with Crippen molar-refractivity contribution in [2.45, 2.75) is 51.8 Å². The lowest BCUT2D eigenvalue weighted by Crippen LogP contribution is -2.39. The van der Waals surface area contributed by atoms with Crippen LogP contribution in [0, 0.1) is 0 Å². The predicted octanol–water partition coefficient (Wildman–Crippen LogP) is 0.822. The molecule has 0 aromatic carbocycles. The molecule has 0 aromatic heterocycles. The number of unbranched alkanes of at least 4 members (excludes halogenated alkanes) is 2. The third-order valence-corrected chi connectivity index (χ3v) is 1.82. The number of nitrogens with two attached hydrogens (primary N) is 1. The Morgan fingerprint density at radius 1 is 1.42 bits per heavy atom. The Bertz CT molecular complexity index is 96.5. The van der Waals surface area contributed by atoms with Crippen LogP contribution in [0.2, 0.25) is 0 Å². The van der Waals surface area contributed by atoms with E-state index in [-0.39, 0.29) is 12.3 Å². The summed E-state index contributed by atoms with van der Waals surface area (Å²) in [6.45, 7) is 4.65. The highest BCUT2D eigenvalue weighted by molar-refractivity contribution is 4.61. The van der Waals surface area contributed by atoms with Crippen LogP contribution in [0.25, 0.3) is 0 Å². The molecular formula is C9H22N2O. The first-order valence-corrected chi connectivity index (χ1v) is 4.83. The van der Waals surface area contributed by atoms with Crippen molar-refractivity contribution in [3.05, 3.63) is 0 Å². The van der Waals surface area contributed by atoms with Crippen molar-refractivity contribution in [2.75, 3.05) is 6.54 Å². The number of aliphatic hydroxyl groups is 1. The molecular weight excluding hydrogens is 152 g/mol.